The van der Waals surface area contributed by atoms with Gasteiger partial charge in [0.25, 0.3) is 0 Å². The van der Waals surface area contributed by atoms with Gasteiger partial charge < -0.3 is 36.1 Å². The third-order valence-corrected chi connectivity index (χ3v) is 5.26. The number of ether oxygens (including phenoxy) is 3. The maximum atomic E-state index is 12.5. The highest BCUT2D eigenvalue weighted by atomic mass is 16.6. The first kappa shape index (κ1) is 34.4. The number of aliphatic hydroxyl groups is 1. The first-order chi connectivity index (χ1) is 17.4. The fourth-order valence-corrected chi connectivity index (χ4v) is 3.37. The van der Waals surface area contributed by atoms with Crippen LogP contribution in [0, 0.1) is 0 Å². The number of carbonyl (C=O) groups is 3. The van der Waals surface area contributed by atoms with Gasteiger partial charge in [0.15, 0.2) is 5.96 Å². The molecule has 37 heavy (non-hydrogen) atoms. The number of guanidine groups is 1. The number of nitrogens with two attached hydrogens (primary N) is 2. The summed E-state index contributed by atoms with van der Waals surface area (Å²) in [5.74, 6) is -1.22. The molecule has 1 unspecified atom stereocenters. The Morgan fingerprint density at radius 1 is 0.892 bits per heavy atom. The van der Waals surface area contributed by atoms with Gasteiger partial charge in [0.1, 0.15) is 31.0 Å². The number of amides is 1. The van der Waals surface area contributed by atoms with Crippen molar-refractivity contribution >= 4 is 24.0 Å². The van der Waals surface area contributed by atoms with Crippen LogP contribution in [0.4, 0.5) is 4.79 Å². The van der Waals surface area contributed by atoms with Crippen molar-refractivity contribution in [3.8, 4) is 0 Å². The number of hydrogen-bond acceptors (Lipinski definition) is 8. The summed E-state index contributed by atoms with van der Waals surface area (Å²) in [5, 5.41) is 12.5. The fraction of sp³-hybridized carbons (Fsp3) is 0.846. The van der Waals surface area contributed by atoms with Crippen LogP contribution < -0.4 is 16.8 Å². The molecule has 216 valence electrons. The summed E-state index contributed by atoms with van der Waals surface area (Å²) in [5.41, 5.74) is 9.85. The Bertz CT molecular complexity index is 676. The smallest absolute Gasteiger partial charge is 0.408 e. The number of carbonyl (C=O) groups excluding carboxylic acids is 3. The highest BCUT2D eigenvalue weighted by Crippen LogP contribution is 2.11. The summed E-state index contributed by atoms with van der Waals surface area (Å²) in [7, 11) is 0. The lowest BCUT2D eigenvalue weighted by Crippen LogP contribution is -2.45. The van der Waals surface area contributed by atoms with Crippen LogP contribution in [-0.4, -0.2) is 66.6 Å². The number of esters is 2. The van der Waals surface area contributed by atoms with Crippen LogP contribution in [0.1, 0.15) is 105 Å². The summed E-state index contributed by atoms with van der Waals surface area (Å²) in [6.45, 7) is 6.90. The summed E-state index contributed by atoms with van der Waals surface area (Å²) in [6.07, 6.45) is 9.26. The van der Waals surface area contributed by atoms with Crippen LogP contribution >= 0.6 is 0 Å². The lowest BCUT2D eigenvalue weighted by molar-refractivity contribution is -0.154. The predicted octanol–water partition coefficient (Wildman–Crippen LogP) is 3.30. The third-order valence-electron chi connectivity index (χ3n) is 5.26. The molecule has 0 spiro atoms. The lowest BCUT2D eigenvalue weighted by atomic mass is 10.1. The molecule has 0 aliphatic carbocycles. The Morgan fingerprint density at radius 3 is 2.03 bits per heavy atom. The molecule has 0 aliphatic heterocycles. The molecule has 11 heteroatoms. The number of nitrogens with one attached hydrogen (secondary N) is 1. The van der Waals surface area contributed by atoms with E-state index >= 15 is 0 Å². The van der Waals surface area contributed by atoms with E-state index in [0.717, 1.165) is 19.3 Å². The summed E-state index contributed by atoms with van der Waals surface area (Å²) < 4.78 is 15.4. The number of aliphatic hydroxyl groups excluding tert-OH is 1. The number of hydrogen-bond donors (Lipinski definition) is 4. The number of nitrogens with zero attached hydrogens (tertiary/aromatic N) is 1. The van der Waals surface area contributed by atoms with Gasteiger partial charge in [-0.1, -0.05) is 58.3 Å². The first-order valence-electron chi connectivity index (χ1n) is 13.5. The molecule has 11 nitrogen and oxygen atoms in total. The second kappa shape index (κ2) is 20.5. The Balaban J connectivity index is 4.30. The minimum atomic E-state index is -1.18. The van der Waals surface area contributed by atoms with Crippen molar-refractivity contribution in [1.82, 2.24) is 5.32 Å². The van der Waals surface area contributed by atoms with E-state index < -0.39 is 35.8 Å². The van der Waals surface area contributed by atoms with Crippen molar-refractivity contribution in [3.05, 3.63) is 0 Å². The maximum Gasteiger partial charge on any atom is 0.408 e. The van der Waals surface area contributed by atoms with E-state index in [0.29, 0.717) is 12.8 Å². The minimum Gasteiger partial charge on any atom is -0.463 e. The second-order valence-electron chi connectivity index (χ2n) is 10.2. The summed E-state index contributed by atoms with van der Waals surface area (Å²) in [6, 6.07) is -1.02. The maximum absolute atomic E-state index is 12.5. The van der Waals surface area contributed by atoms with Gasteiger partial charge in [-0.25, -0.2) is 9.59 Å². The van der Waals surface area contributed by atoms with E-state index in [1.807, 2.05) is 0 Å². The molecule has 0 saturated carbocycles. The second-order valence-corrected chi connectivity index (χ2v) is 10.2. The van der Waals surface area contributed by atoms with Crippen molar-refractivity contribution in [2.45, 2.75) is 122 Å². The lowest BCUT2D eigenvalue weighted by Gasteiger charge is -2.23. The number of unbranched alkanes of at least 4 members (excludes halogenated alkanes) is 8. The molecule has 0 aromatic carbocycles. The molecule has 0 heterocycles. The molecule has 6 N–H and O–H groups in total. The molecule has 0 aliphatic rings. The van der Waals surface area contributed by atoms with Crippen LogP contribution in [-0.2, 0) is 23.8 Å². The Morgan fingerprint density at radius 2 is 1.46 bits per heavy atom. The minimum absolute atomic E-state index is 0.0743. The monoisotopic (exact) mass is 530 g/mol. The first-order valence-corrected chi connectivity index (χ1v) is 13.5. The van der Waals surface area contributed by atoms with E-state index in [1.54, 1.807) is 20.8 Å². The van der Waals surface area contributed by atoms with Gasteiger partial charge in [0, 0.05) is 13.0 Å². The number of aliphatic imine (C=N–C) groups is 1. The van der Waals surface area contributed by atoms with Crippen molar-refractivity contribution in [2.24, 2.45) is 16.5 Å². The summed E-state index contributed by atoms with van der Waals surface area (Å²) in [4.78, 5) is 40.4. The molecule has 1 amide bonds. The van der Waals surface area contributed by atoms with Gasteiger partial charge in [-0.2, -0.15) is 0 Å². The van der Waals surface area contributed by atoms with Gasteiger partial charge in [-0.15, -0.1) is 0 Å². The number of alkyl carbamates (subject to hydrolysis) is 1. The zero-order valence-electron chi connectivity index (χ0n) is 23.3. The van der Waals surface area contributed by atoms with Crippen molar-refractivity contribution < 1.29 is 33.7 Å². The molecule has 0 rings (SSSR count). The normalized spacial score (nSPS) is 12.8. The molecule has 0 fully saturated rings. The molecule has 0 bridgehead atoms. The van der Waals surface area contributed by atoms with Crippen LogP contribution in [0.15, 0.2) is 4.99 Å². The van der Waals surface area contributed by atoms with Crippen molar-refractivity contribution in [3.63, 3.8) is 0 Å². The third kappa shape index (κ3) is 22.4. The van der Waals surface area contributed by atoms with E-state index in [-0.39, 0.29) is 32.1 Å². The fourth-order valence-electron chi connectivity index (χ4n) is 3.37. The Labute approximate surface area is 222 Å². The van der Waals surface area contributed by atoms with E-state index in [4.69, 9.17) is 25.7 Å². The van der Waals surface area contributed by atoms with E-state index in [9.17, 15) is 19.5 Å². The zero-order valence-corrected chi connectivity index (χ0v) is 23.3. The molecule has 2 atom stereocenters. The molecule has 0 aromatic heterocycles. The van der Waals surface area contributed by atoms with Crippen LogP contribution in [0.5, 0.6) is 0 Å². The van der Waals surface area contributed by atoms with Crippen molar-refractivity contribution in [2.75, 3.05) is 19.8 Å². The van der Waals surface area contributed by atoms with Crippen LogP contribution in [0.25, 0.3) is 0 Å². The SMILES string of the molecule is CCCCCCCCCCCC(=O)OCC(O)COC(=O)[C@H](CCCN=C(N)N)NC(=O)OC(C)(C)C. The van der Waals surface area contributed by atoms with Gasteiger partial charge in [0.05, 0.1) is 0 Å². The Kier molecular flexibility index (Phi) is 19.1. The van der Waals surface area contributed by atoms with Gasteiger partial charge in [0.2, 0.25) is 0 Å². The number of rotatable bonds is 20. The van der Waals surface area contributed by atoms with Crippen molar-refractivity contribution in [1.29, 1.82) is 0 Å². The highest BCUT2D eigenvalue weighted by Gasteiger charge is 2.26. The molecule has 0 radical (unpaired) electrons. The average Bonchev–Trinajstić information content (AvgIpc) is 2.80. The van der Waals surface area contributed by atoms with E-state index in [1.165, 1.54) is 38.5 Å². The summed E-state index contributed by atoms with van der Waals surface area (Å²) >= 11 is 0. The van der Waals surface area contributed by atoms with Gasteiger partial charge >= 0.3 is 18.0 Å². The molecular weight excluding hydrogens is 480 g/mol. The quantitative estimate of drug-likeness (QED) is 0.0605. The average molecular weight is 531 g/mol. The molecule has 0 saturated heterocycles. The van der Waals surface area contributed by atoms with Crippen LogP contribution in [0.2, 0.25) is 0 Å². The van der Waals surface area contributed by atoms with Gasteiger partial charge in [-0.3, -0.25) is 9.79 Å². The topological polar surface area (TPSA) is 176 Å². The molecule has 0 aromatic rings. The Hall–Kier alpha value is -2.56. The zero-order chi connectivity index (χ0) is 28.1. The standard InChI is InChI=1S/C26H50N4O7/c1-5-6-7-8-9-10-11-12-13-16-22(32)35-18-20(31)19-36-23(33)21(15-14-17-29-24(27)28)30-25(34)37-26(2,3)4/h20-21,31H,5-19H2,1-4H3,(H,30,34)(H4,27,28,29)/t20?,21-/m0/s1. The van der Waals surface area contributed by atoms with E-state index in [2.05, 4.69) is 17.2 Å². The molecular formula is C26H50N4O7. The van der Waals surface area contributed by atoms with Gasteiger partial charge in [-0.05, 0) is 40.0 Å². The highest BCUT2D eigenvalue weighted by molar-refractivity contribution is 5.81. The predicted molar refractivity (Wildman–Crippen MR) is 143 cm³/mol. The van der Waals surface area contributed by atoms with Crippen LogP contribution in [0.3, 0.4) is 0 Å². The largest absolute Gasteiger partial charge is 0.463 e.